The standard InChI is InChI=1S/C11H14BrN5O/c1-13-8(9-10(12)15-16-17(9)2)7-5-4-6-14-11(7)18-3/h4-6,8,13H,1-3H3. The highest BCUT2D eigenvalue weighted by molar-refractivity contribution is 9.10. The normalized spacial score (nSPS) is 12.4. The molecule has 0 radical (unpaired) electrons. The van der Waals surface area contributed by atoms with Gasteiger partial charge in [-0.2, -0.15) is 0 Å². The van der Waals surface area contributed by atoms with Crippen molar-refractivity contribution in [3.05, 3.63) is 34.2 Å². The summed E-state index contributed by atoms with van der Waals surface area (Å²) in [6.45, 7) is 0. The first-order chi connectivity index (χ1) is 8.69. The molecule has 0 aliphatic rings. The van der Waals surface area contributed by atoms with Gasteiger partial charge in [-0.25, -0.2) is 9.67 Å². The molecule has 0 saturated heterocycles. The molecule has 1 unspecified atom stereocenters. The molecule has 0 aromatic carbocycles. The van der Waals surface area contributed by atoms with Gasteiger partial charge in [0.15, 0.2) is 4.60 Å². The molecule has 1 N–H and O–H groups in total. The van der Waals surface area contributed by atoms with E-state index in [1.54, 1.807) is 18.0 Å². The van der Waals surface area contributed by atoms with E-state index in [9.17, 15) is 0 Å². The van der Waals surface area contributed by atoms with Crippen LogP contribution in [0.15, 0.2) is 22.9 Å². The summed E-state index contributed by atoms with van der Waals surface area (Å²) in [6.07, 6.45) is 1.70. The van der Waals surface area contributed by atoms with Gasteiger partial charge in [0, 0.05) is 18.8 Å². The molecule has 96 valence electrons. The summed E-state index contributed by atoms with van der Waals surface area (Å²) in [7, 11) is 5.33. The maximum absolute atomic E-state index is 5.29. The maximum atomic E-state index is 5.29. The van der Waals surface area contributed by atoms with Crippen LogP contribution < -0.4 is 10.1 Å². The maximum Gasteiger partial charge on any atom is 0.218 e. The Kier molecular flexibility index (Phi) is 3.93. The summed E-state index contributed by atoms with van der Waals surface area (Å²) in [5.74, 6) is 0.588. The van der Waals surface area contributed by atoms with Crippen LogP contribution in [-0.2, 0) is 7.05 Å². The van der Waals surface area contributed by atoms with Crippen molar-refractivity contribution in [2.24, 2.45) is 7.05 Å². The smallest absolute Gasteiger partial charge is 0.218 e. The molecule has 18 heavy (non-hydrogen) atoms. The van der Waals surface area contributed by atoms with Gasteiger partial charge in [-0.3, -0.25) is 0 Å². The summed E-state index contributed by atoms with van der Waals surface area (Å²) in [4.78, 5) is 4.21. The fourth-order valence-electron chi connectivity index (χ4n) is 1.88. The van der Waals surface area contributed by atoms with Crippen LogP contribution in [0.1, 0.15) is 17.3 Å². The van der Waals surface area contributed by atoms with E-state index in [2.05, 4.69) is 36.5 Å². The Bertz CT molecular complexity index is 522. The average molecular weight is 312 g/mol. The van der Waals surface area contributed by atoms with E-state index in [0.717, 1.165) is 11.3 Å². The Morgan fingerprint density at radius 2 is 2.28 bits per heavy atom. The molecule has 2 aromatic rings. The first-order valence-corrected chi connectivity index (χ1v) is 6.19. The second-order valence-electron chi connectivity index (χ2n) is 3.71. The Labute approximate surface area is 113 Å². The minimum absolute atomic E-state index is 0.0944. The Morgan fingerprint density at radius 1 is 1.50 bits per heavy atom. The van der Waals surface area contributed by atoms with Crippen molar-refractivity contribution in [3.63, 3.8) is 0 Å². The first-order valence-electron chi connectivity index (χ1n) is 5.40. The molecular formula is C11H14BrN5O. The van der Waals surface area contributed by atoms with Crippen molar-refractivity contribution in [1.82, 2.24) is 25.3 Å². The number of ether oxygens (including phenoxy) is 1. The number of methoxy groups -OCH3 is 1. The lowest BCUT2D eigenvalue weighted by molar-refractivity contribution is 0.387. The molecule has 6 nitrogen and oxygen atoms in total. The van der Waals surface area contributed by atoms with Crippen molar-refractivity contribution in [1.29, 1.82) is 0 Å². The number of aryl methyl sites for hydroxylation is 1. The number of nitrogens with zero attached hydrogens (tertiary/aromatic N) is 4. The SMILES string of the molecule is CNC(c1cccnc1OC)c1c(Br)nnn1C. The lowest BCUT2D eigenvalue weighted by Crippen LogP contribution is -2.22. The zero-order chi connectivity index (χ0) is 13.1. The molecule has 0 saturated carbocycles. The monoisotopic (exact) mass is 311 g/mol. The van der Waals surface area contributed by atoms with Gasteiger partial charge in [0.2, 0.25) is 5.88 Å². The third-order valence-corrected chi connectivity index (χ3v) is 3.26. The topological polar surface area (TPSA) is 64.9 Å². The molecule has 0 fully saturated rings. The van der Waals surface area contributed by atoms with E-state index in [4.69, 9.17) is 4.74 Å². The van der Waals surface area contributed by atoms with Crippen molar-refractivity contribution in [3.8, 4) is 5.88 Å². The number of rotatable bonds is 4. The molecule has 0 aliphatic heterocycles. The Morgan fingerprint density at radius 3 is 2.83 bits per heavy atom. The number of nitrogens with one attached hydrogen (secondary N) is 1. The molecule has 0 bridgehead atoms. The molecule has 1 atom stereocenters. The van der Waals surface area contributed by atoms with Crippen LogP contribution >= 0.6 is 15.9 Å². The van der Waals surface area contributed by atoms with E-state index in [1.807, 2.05) is 26.2 Å². The highest BCUT2D eigenvalue weighted by Crippen LogP contribution is 2.30. The second-order valence-corrected chi connectivity index (χ2v) is 4.46. The highest BCUT2D eigenvalue weighted by atomic mass is 79.9. The summed E-state index contributed by atoms with van der Waals surface area (Å²) >= 11 is 3.41. The van der Waals surface area contributed by atoms with Gasteiger partial charge in [0.05, 0.1) is 18.8 Å². The fourth-order valence-corrected chi connectivity index (χ4v) is 2.43. The summed E-state index contributed by atoms with van der Waals surface area (Å²) in [5.41, 5.74) is 1.86. The number of hydrogen-bond acceptors (Lipinski definition) is 5. The van der Waals surface area contributed by atoms with Crippen molar-refractivity contribution in [2.45, 2.75) is 6.04 Å². The quantitative estimate of drug-likeness (QED) is 0.921. The van der Waals surface area contributed by atoms with Crippen LogP contribution in [-0.4, -0.2) is 34.1 Å². The van der Waals surface area contributed by atoms with E-state index in [-0.39, 0.29) is 6.04 Å². The van der Waals surface area contributed by atoms with Crippen LogP contribution in [0.2, 0.25) is 0 Å². The van der Waals surface area contributed by atoms with Gasteiger partial charge in [-0.05, 0) is 29.0 Å². The van der Waals surface area contributed by atoms with Crippen LogP contribution in [0, 0.1) is 0 Å². The zero-order valence-electron chi connectivity index (χ0n) is 10.4. The van der Waals surface area contributed by atoms with E-state index in [1.165, 1.54) is 0 Å². The molecule has 0 amide bonds. The predicted molar refractivity (Wildman–Crippen MR) is 70.4 cm³/mol. The highest BCUT2D eigenvalue weighted by Gasteiger charge is 2.23. The van der Waals surface area contributed by atoms with Crippen LogP contribution in [0.4, 0.5) is 0 Å². The van der Waals surface area contributed by atoms with Gasteiger partial charge in [-0.1, -0.05) is 11.3 Å². The van der Waals surface area contributed by atoms with Crippen LogP contribution in [0.5, 0.6) is 5.88 Å². The lowest BCUT2D eigenvalue weighted by Gasteiger charge is -2.18. The minimum atomic E-state index is -0.0944. The van der Waals surface area contributed by atoms with Crippen molar-refractivity contribution < 1.29 is 4.74 Å². The lowest BCUT2D eigenvalue weighted by atomic mass is 10.1. The average Bonchev–Trinajstić information content (AvgIpc) is 2.72. The Hall–Kier alpha value is -1.47. The molecule has 2 aromatic heterocycles. The Balaban J connectivity index is 2.52. The first kappa shape index (κ1) is 13.0. The van der Waals surface area contributed by atoms with Crippen LogP contribution in [0.3, 0.4) is 0 Å². The van der Waals surface area contributed by atoms with Crippen LogP contribution in [0.25, 0.3) is 0 Å². The molecular weight excluding hydrogens is 298 g/mol. The van der Waals surface area contributed by atoms with Gasteiger partial charge in [0.1, 0.15) is 0 Å². The molecule has 2 rings (SSSR count). The van der Waals surface area contributed by atoms with Gasteiger partial charge in [-0.15, -0.1) is 5.10 Å². The van der Waals surface area contributed by atoms with Gasteiger partial charge >= 0.3 is 0 Å². The largest absolute Gasteiger partial charge is 0.481 e. The van der Waals surface area contributed by atoms with E-state index < -0.39 is 0 Å². The molecule has 2 heterocycles. The third-order valence-electron chi connectivity index (χ3n) is 2.69. The summed E-state index contributed by atoms with van der Waals surface area (Å²) in [6, 6.07) is 3.75. The summed E-state index contributed by atoms with van der Waals surface area (Å²) < 4.78 is 7.71. The summed E-state index contributed by atoms with van der Waals surface area (Å²) in [5, 5.41) is 11.2. The van der Waals surface area contributed by atoms with Crippen molar-refractivity contribution in [2.75, 3.05) is 14.2 Å². The zero-order valence-corrected chi connectivity index (χ0v) is 12.0. The van der Waals surface area contributed by atoms with Gasteiger partial charge in [0.25, 0.3) is 0 Å². The molecule has 0 aliphatic carbocycles. The van der Waals surface area contributed by atoms with Gasteiger partial charge < -0.3 is 10.1 Å². The molecule has 0 spiro atoms. The second kappa shape index (κ2) is 5.45. The molecule has 7 heteroatoms. The predicted octanol–water partition coefficient (Wildman–Crippen LogP) is 1.29. The van der Waals surface area contributed by atoms with E-state index in [0.29, 0.717) is 10.5 Å². The fraction of sp³-hybridized carbons (Fsp3) is 0.364. The van der Waals surface area contributed by atoms with E-state index >= 15 is 0 Å². The number of aromatic nitrogens is 4. The van der Waals surface area contributed by atoms with Crippen molar-refractivity contribution >= 4 is 15.9 Å². The number of pyridine rings is 1. The number of halogens is 1. The third kappa shape index (κ3) is 2.23. The number of hydrogen-bond donors (Lipinski definition) is 1. The minimum Gasteiger partial charge on any atom is -0.481 e.